The lowest BCUT2D eigenvalue weighted by Crippen LogP contribution is -2.70. The first-order valence-corrected chi connectivity index (χ1v) is 11.1. The van der Waals surface area contributed by atoms with Gasteiger partial charge < -0.3 is 20.3 Å². The van der Waals surface area contributed by atoms with Gasteiger partial charge in [0, 0.05) is 62.0 Å². The lowest BCUT2D eigenvalue weighted by Gasteiger charge is -2.57. The summed E-state index contributed by atoms with van der Waals surface area (Å²) < 4.78 is 6.16. The molecular formula is C21H35IN4O2. The maximum atomic E-state index is 11.9. The highest BCUT2D eigenvalue weighted by molar-refractivity contribution is 14.0. The average Bonchev–Trinajstić information content (AvgIpc) is 3.38. The van der Waals surface area contributed by atoms with E-state index < -0.39 is 0 Å². The number of likely N-dealkylation sites (tertiary alicyclic amines) is 1. The number of carbonyl (C=O) groups excluding carboxylic acids is 1. The molecule has 2 saturated carbocycles. The topological polar surface area (TPSA) is 66.0 Å². The molecule has 4 unspecified atom stereocenters. The van der Waals surface area contributed by atoms with Crippen LogP contribution in [0.5, 0.6) is 0 Å². The third-order valence-corrected chi connectivity index (χ3v) is 8.04. The van der Waals surface area contributed by atoms with Crippen molar-refractivity contribution < 1.29 is 9.53 Å². The van der Waals surface area contributed by atoms with Gasteiger partial charge in [-0.3, -0.25) is 9.79 Å². The number of aliphatic imine (C=N–C) groups is 1. The molecule has 0 aromatic rings. The molecule has 5 fully saturated rings. The fraction of sp³-hybridized carbons (Fsp3) is 0.905. The molecule has 5 aliphatic rings. The van der Waals surface area contributed by atoms with Crippen LogP contribution in [0.25, 0.3) is 0 Å². The second-order valence-corrected chi connectivity index (χ2v) is 9.58. The molecule has 4 atom stereocenters. The first-order chi connectivity index (χ1) is 13.2. The normalized spacial score (nSPS) is 38.9. The first-order valence-electron chi connectivity index (χ1n) is 11.1. The molecule has 0 aromatic heterocycles. The standard InChI is InChI=1S/C21H34N4O2.HI/c1-2-22-19(25-10-5-7-20(14-25)12-16(26)23-13-20)24-17-15-6-11-27-18(15)21(17)8-3-4-9-21;/h15,17-18H,2-14H2,1H3,(H,22,24)(H,23,26);1H. The number of fused-ring (bicyclic) bond motifs is 2. The fourth-order valence-electron chi connectivity index (χ4n) is 6.86. The van der Waals surface area contributed by atoms with Gasteiger partial charge in [-0.25, -0.2) is 0 Å². The molecule has 1 amide bonds. The minimum Gasteiger partial charge on any atom is -0.377 e. The molecule has 28 heavy (non-hydrogen) atoms. The van der Waals surface area contributed by atoms with Gasteiger partial charge in [-0.2, -0.15) is 0 Å². The zero-order chi connectivity index (χ0) is 18.5. The van der Waals surface area contributed by atoms with E-state index >= 15 is 0 Å². The molecule has 3 heterocycles. The summed E-state index contributed by atoms with van der Waals surface area (Å²) in [5, 5.41) is 7.00. The SMILES string of the molecule is CCN=C(NC1C2CCOC2C12CCCC2)N1CCCC2(CNC(=O)C2)C1.I. The van der Waals surface area contributed by atoms with E-state index in [1.807, 2.05) is 0 Å². The Morgan fingerprint density at radius 1 is 1.32 bits per heavy atom. The van der Waals surface area contributed by atoms with Crippen LogP contribution >= 0.6 is 24.0 Å². The maximum absolute atomic E-state index is 11.9. The Morgan fingerprint density at radius 2 is 2.14 bits per heavy atom. The van der Waals surface area contributed by atoms with Crippen LogP contribution < -0.4 is 10.6 Å². The smallest absolute Gasteiger partial charge is 0.220 e. The zero-order valence-corrected chi connectivity index (χ0v) is 19.4. The maximum Gasteiger partial charge on any atom is 0.220 e. The van der Waals surface area contributed by atoms with Crippen LogP contribution in [0.3, 0.4) is 0 Å². The van der Waals surface area contributed by atoms with Crippen molar-refractivity contribution in [3.05, 3.63) is 0 Å². The Bertz CT molecular complexity index is 636. The van der Waals surface area contributed by atoms with Crippen LogP contribution in [-0.4, -0.2) is 61.7 Å². The monoisotopic (exact) mass is 502 g/mol. The van der Waals surface area contributed by atoms with Crippen molar-refractivity contribution in [3.8, 4) is 0 Å². The summed E-state index contributed by atoms with van der Waals surface area (Å²) in [6, 6.07) is 0.513. The van der Waals surface area contributed by atoms with Crippen LogP contribution in [0.1, 0.15) is 58.3 Å². The molecule has 0 radical (unpaired) electrons. The highest BCUT2D eigenvalue weighted by atomic mass is 127. The predicted molar refractivity (Wildman–Crippen MR) is 120 cm³/mol. The van der Waals surface area contributed by atoms with Gasteiger partial charge in [-0.15, -0.1) is 24.0 Å². The number of hydrogen-bond donors (Lipinski definition) is 2. The summed E-state index contributed by atoms with van der Waals surface area (Å²) in [6.45, 7) is 6.67. The van der Waals surface area contributed by atoms with Gasteiger partial charge in [-0.05, 0) is 39.0 Å². The van der Waals surface area contributed by atoms with E-state index in [9.17, 15) is 4.79 Å². The largest absolute Gasteiger partial charge is 0.377 e. The second-order valence-electron chi connectivity index (χ2n) is 9.58. The third kappa shape index (κ3) is 3.24. The van der Waals surface area contributed by atoms with E-state index in [0.717, 1.165) is 51.6 Å². The van der Waals surface area contributed by atoms with E-state index in [0.29, 0.717) is 29.9 Å². The minimum absolute atomic E-state index is 0. The number of nitrogens with zero attached hydrogens (tertiary/aromatic N) is 2. The van der Waals surface area contributed by atoms with Gasteiger partial charge in [0.15, 0.2) is 5.96 Å². The van der Waals surface area contributed by atoms with E-state index in [1.54, 1.807) is 0 Å². The number of guanidine groups is 1. The zero-order valence-electron chi connectivity index (χ0n) is 17.0. The number of amides is 1. The molecule has 2 N–H and O–H groups in total. The van der Waals surface area contributed by atoms with Crippen molar-refractivity contribution in [1.29, 1.82) is 0 Å². The van der Waals surface area contributed by atoms with E-state index in [-0.39, 0.29) is 35.3 Å². The van der Waals surface area contributed by atoms with Crippen LogP contribution in [0, 0.1) is 16.7 Å². The number of nitrogens with one attached hydrogen (secondary N) is 2. The lowest BCUT2D eigenvalue weighted by atomic mass is 9.54. The molecule has 7 heteroatoms. The first kappa shape index (κ1) is 20.7. The third-order valence-electron chi connectivity index (χ3n) is 8.04. The van der Waals surface area contributed by atoms with Crippen LogP contribution in [0.4, 0.5) is 0 Å². The Kier molecular flexibility index (Phi) is 5.86. The van der Waals surface area contributed by atoms with Gasteiger partial charge in [0.2, 0.25) is 5.91 Å². The summed E-state index contributed by atoms with van der Waals surface area (Å²) in [7, 11) is 0. The number of rotatable bonds is 2. The molecule has 5 rings (SSSR count). The highest BCUT2D eigenvalue weighted by Gasteiger charge is 2.65. The molecule has 3 saturated heterocycles. The average molecular weight is 502 g/mol. The summed E-state index contributed by atoms with van der Waals surface area (Å²) in [5.41, 5.74) is 0.448. The van der Waals surface area contributed by atoms with Crippen molar-refractivity contribution in [2.75, 3.05) is 32.8 Å². The Morgan fingerprint density at radius 3 is 2.86 bits per heavy atom. The Labute approximate surface area is 185 Å². The number of halogens is 1. The van der Waals surface area contributed by atoms with Crippen molar-refractivity contribution in [1.82, 2.24) is 15.5 Å². The molecule has 158 valence electrons. The van der Waals surface area contributed by atoms with Gasteiger partial charge in [0.05, 0.1) is 6.10 Å². The second kappa shape index (κ2) is 7.93. The summed E-state index contributed by atoms with van der Waals surface area (Å²) in [4.78, 5) is 19.2. The summed E-state index contributed by atoms with van der Waals surface area (Å²) in [6.07, 6.45) is 9.90. The molecule has 3 aliphatic heterocycles. The van der Waals surface area contributed by atoms with Gasteiger partial charge in [0.25, 0.3) is 0 Å². The number of piperidine rings is 1. The van der Waals surface area contributed by atoms with Gasteiger partial charge in [-0.1, -0.05) is 12.8 Å². The molecule has 0 aromatic carbocycles. The predicted octanol–water partition coefficient (Wildman–Crippen LogP) is 2.52. The molecule has 2 aliphatic carbocycles. The van der Waals surface area contributed by atoms with Crippen molar-refractivity contribution in [2.24, 2.45) is 21.7 Å². The van der Waals surface area contributed by atoms with Crippen LogP contribution in [0.2, 0.25) is 0 Å². The van der Waals surface area contributed by atoms with E-state index in [2.05, 4.69) is 22.5 Å². The van der Waals surface area contributed by atoms with Gasteiger partial charge in [0.1, 0.15) is 0 Å². The van der Waals surface area contributed by atoms with Gasteiger partial charge >= 0.3 is 0 Å². The summed E-state index contributed by atoms with van der Waals surface area (Å²) in [5.74, 6) is 1.95. The Hall–Kier alpha value is -0.570. The minimum atomic E-state index is 0. The number of carbonyl (C=O) groups is 1. The quantitative estimate of drug-likeness (QED) is 0.346. The van der Waals surface area contributed by atoms with Crippen molar-refractivity contribution in [3.63, 3.8) is 0 Å². The summed E-state index contributed by atoms with van der Waals surface area (Å²) >= 11 is 0. The molecular weight excluding hydrogens is 467 g/mol. The van der Waals surface area contributed by atoms with Crippen molar-refractivity contribution in [2.45, 2.75) is 70.4 Å². The van der Waals surface area contributed by atoms with E-state index in [1.165, 1.54) is 32.1 Å². The van der Waals surface area contributed by atoms with Crippen molar-refractivity contribution >= 4 is 35.8 Å². The molecule has 2 spiro atoms. The highest BCUT2D eigenvalue weighted by Crippen LogP contribution is 2.60. The lowest BCUT2D eigenvalue weighted by molar-refractivity contribution is -0.125. The fourth-order valence-corrected chi connectivity index (χ4v) is 6.86. The van der Waals surface area contributed by atoms with Crippen LogP contribution in [0.15, 0.2) is 4.99 Å². The van der Waals surface area contributed by atoms with E-state index in [4.69, 9.17) is 9.73 Å². The molecule has 0 bridgehead atoms. The van der Waals surface area contributed by atoms with Crippen LogP contribution in [-0.2, 0) is 9.53 Å². The number of ether oxygens (including phenoxy) is 1. The Balaban J connectivity index is 0.00000192. The molecule has 6 nitrogen and oxygen atoms in total. The number of hydrogen-bond acceptors (Lipinski definition) is 3.